The third-order valence-corrected chi connectivity index (χ3v) is 2.91. The molecule has 1 aromatic rings. The Morgan fingerprint density at radius 2 is 2.11 bits per heavy atom. The first-order valence-electron chi connectivity index (χ1n) is 5.91. The lowest BCUT2D eigenvalue weighted by atomic mass is 10.2. The number of halogens is 3. The third-order valence-electron chi connectivity index (χ3n) is 2.91. The van der Waals surface area contributed by atoms with Gasteiger partial charge in [0.15, 0.2) is 0 Å². The number of hydrogen-bond acceptors (Lipinski definition) is 3. The number of hydrogen-bond donors (Lipinski definition) is 1. The Labute approximate surface area is 104 Å². The van der Waals surface area contributed by atoms with Crippen LogP contribution in [0, 0.1) is 0 Å². The highest BCUT2D eigenvalue weighted by Crippen LogP contribution is 2.31. The number of alkyl halides is 3. The van der Waals surface area contributed by atoms with Gasteiger partial charge < -0.3 is 5.32 Å². The van der Waals surface area contributed by atoms with E-state index in [2.05, 4.69) is 10.3 Å². The van der Waals surface area contributed by atoms with Crippen LogP contribution in [0.3, 0.4) is 0 Å². The van der Waals surface area contributed by atoms with E-state index in [1.807, 2.05) is 6.07 Å². The van der Waals surface area contributed by atoms with Gasteiger partial charge in [0.1, 0.15) is 5.82 Å². The van der Waals surface area contributed by atoms with E-state index < -0.39 is 12.7 Å². The van der Waals surface area contributed by atoms with Crippen LogP contribution in [0.25, 0.3) is 0 Å². The van der Waals surface area contributed by atoms with E-state index in [0.717, 1.165) is 18.4 Å². The molecule has 0 spiro atoms. The summed E-state index contributed by atoms with van der Waals surface area (Å²) in [4.78, 5) is 5.59. The van der Waals surface area contributed by atoms with E-state index in [1.165, 1.54) is 4.90 Å². The highest BCUT2D eigenvalue weighted by molar-refractivity contribution is 5.34. The number of rotatable bonds is 5. The molecule has 100 valence electrons. The lowest BCUT2D eigenvalue weighted by molar-refractivity contribution is -0.148. The Balaban J connectivity index is 1.99. The number of nitrogens with one attached hydrogen (secondary N) is 1. The van der Waals surface area contributed by atoms with Crippen LogP contribution in [0.5, 0.6) is 0 Å². The van der Waals surface area contributed by atoms with E-state index >= 15 is 0 Å². The van der Waals surface area contributed by atoms with Crippen molar-refractivity contribution in [2.75, 3.05) is 18.9 Å². The molecule has 3 nitrogen and oxygen atoms in total. The molecule has 2 rings (SSSR count). The van der Waals surface area contributed by atoms with Crippen molar-refractivity contribution in [1.29, 1.82) is 0 Å². The van der Waals surface area contributed by atoms with Gasteiger partial charge in [0.05, 0.1) is 6.54 Å². The minimum absolute atomic E-state index is 0.0793. The van der Waals surface area contributed by atoms with E-state index in [1.54, 1.807) is 19.3 Å². The summed E-state index contributed by atoms with van der Waals surface area (Å²) in [6, 6.07) is 3.66. The van der Waals surface area contributed by atoms with Crippen molar-refractivity contribution in [1.82, 2.24) is 9.88 Å². The predicted octanol–water partition coefficient (Wildman–Crippen LogP) is 2.65. The zero-order valence-electron chi connectivity index (χ0n) is 10.2. The minimum atomic E-state index is -4.14. The van der Waals surface area contributed by atoms with E-state index in [9.17, 15) is 13.2 Å². The number of anilines is 1. The summed E-state index contributed by atoms with van der Waals surface area (Å²) in [6.45, 7) is -0.535. The molecule has 1 aliphatic rings. The van der Waals surface area contributed by atoms with Gasteiger partial charge in [-0.1, -0.05) is 6.07 Å². The van der Waals surface area contributed by atoms with Crippen LogP contribution >= 0.6 is 0 Å². The molecule has 1 aliphatic carbocycles. The van der Waals surface area contributed by atoms with Crippen LogP contribution in [0.1, 0.15) is 18.4 Å². The molecule has 1 saturated carbocycles. The van der Waals surface area contributed by atoms with Crippen molar-refractivity contribution in [2.45, 2.75) is 31.6 Å². The number of aromatic nitrogens is 1. The largest absolute Gasteiger partial charge is 0.401 e. The highest BCUT2D eigenvalue weighted by Gasteiger charge is 2.37. The molecule has 0 unspecified atom stereocenters. The summed E-state index contributed by atoms with van der Waals surface area (Å²) < 4.78 is 37.3. The molecule has 0 aromatic carbocycles. The molecular weight excluding hydrogens is 243 g/mol. The first-order chi connectivity index (χ1) is 8.48. The summed E-state index contributed by atoms with van der Waals surface area (Å²) in [6.07, 6.45) is -0.797. The highest BCUT2D eigenvalue weighted by atomic mass is 19.4. The fourth-order valence-electron chi connectivity index (χ4n) is 1.88. The van der Waals surface area contributed by atoms with Crippen LogP contribution < -0.4 is 5.32 Å². The van der Waals surface area contributed by atoms with Gasteiger partial charge in [0, 0.05) is 25.8 Å². The van der Waals surface area contributed by atoms with Gasteiger partial charge in [-0.3, -0.25) is 4.90 Å². The molecular formula is C12H16F3N3. The second-order valence-corrected chi connectivity index (χ2v) is 4.55. The van der Waals surface area contributed by atoms with Crippen molar-refractivity contribution in [2.24, 2.45) is 0 Å². The Hall–Kier alpha value is -1.30. The van der Waals surface area contributed by atoms with Gasteiger partial charge >= 0.3 is 6.18 Å². The molecule has 0 bridgehead atoms. The fraction of sp³-hybridized carbons (Fsp3) is 0.583. The van der Waals surface area contributed by atoms with E-state index in [4.69, 9.17) is 0 Å². The molecule has 0 amide bonds. The standard InChI is InChI=1S/C12H16F3N3/c1-16-11-5-2-9(6-17-11)7-18(10-3-4-10)8-12(13,14)15/h2,5-6,10H,3-4,7-8H2,1H3,(H,16,17). The SMILES string of the molecule is CNc1ccc(CN(CC(F)(F)F)C2CC2)cn1. The monoisotopic (exact) mass is 259 g/mol. The first-order valence-corrected chi connectivity index (χ1v) is 5.91. The Morgan fingerprint density at radius 3 is 2.56 bits per heavy atom. The summed E-state index contributed by atoms with van der Waals surface area (Å²) >= 11 is 0. The maximum Gasteiger partial charge on any atom is 0.401 e. The van der Waals surface area contributed by atoms with Crippen molar-refractivity contribution < 1.29 is 13.2 Å². The summed E-state index contributed by atoms with van der Waals surface area (Å²) in [5.74, 6) is 0.715. The number of nitrogens with zero attached hydrogens (tertiary/aromatic N) is 2. The lowest BCUT2D eigenvalue weighted by Crippen LogP contribution is -2.35. The quantitative estimate of drug-likeness (QED) is 0.881. The average Bonchev–Trinajstić information content (AvgIpc) is 3.11. The lowest BCUT2D eigenvalue weighted by Gasteiger charge is -2.23. The van der Waals surface area contributed by atoms with Gasteiger partial charge in [-0.25, -0.2) is 4.98 Å². The van der Waals surface area contributed by atoms with E-state index in [0.29, 0.717) is 12.4 Å². The summed E-state index contributed by atoms with van der Waals surface area (Å²) in [7, 11) is 1.75. The smallest absolute Gasteiger partial charge is 0.373 e. The van der Waals surface area contributed by atoms with Crippen LogP contribution in [0.2, 0.25) is 0 Å². The molecule has 0 atom stereocenters. The first kappa shape index (κ1) is 13.1. The van der Waals surface area contributed by atoms with Crippen LogP contribution in [0.15, 0.2) is 18.3 Å². The van der Waals surface area contributed by atoms with Crippen molar-refractivity contribution in [3.8, 4) is 0 Å². The van der Waals surface area contributed by atoms with Crippen LogP contribution in [0.4, 0.5) is 19.0 Å². The van der Waals surface area contributed by atoms with Crippen LogP contribution in [-0.4, -0.2) is 35.7 Å². The Kier molecular flexibility index (Phi) is 3.75. The maximum absolute atomic E-state index is 12.4. The minimum Gasteiger partial charge on any atom is -0.373 e. The third kappa shape index (κ3) is 3.87. The molecule has 1 heterocycles. The summed E-state index contributed by atoms with van der Waals surface area (Å²) in [5, 5.41) is 2.88. The summed E-state index contributed by atoms with van der Waals surface area (Å²) in [5.41, 5.74) is 0.810. The zero-order chi connectivity index (χ0) is 13.2. The fourth-order valence-corrected chi connectivity index (χ4v) is 1.88. The van der Waals surface area contributed by atoms with Crippen molar-refractivity contribution in [3.05, 3.63) is 23.9 Å². The predicted molar refractivity (Wildman–Crippen MR) is 63.3 cm³/mol. The molecule has 0 saturated heterocycles. The van der Waals surface area contributed by atoms with Crippen molar-refractivity contribution >= 4 is 5.82 Å². The molecule has 6 heteroatoms. The van der Waals surface area contributed by atoms with Gasteiger partial charge in [-0.2, -0.15) is 13.2 Å². The van der Waals surface area contributed by atoms with Gasteiger partial charge in [0.2, 0.25) is 0 Å². The molecule has 0 aliphatic heterocycles. The molecule has 1 fully saturated rings. The van der Waals surface area contributed by atoms with Crippen molar-refractivity contribution in [3.63, 3.8) is 0 Å². The zero-order valence-corrected chi connectivity index (χ0v) is 10.2. The van der Waals surface area contributed by atoms with E-state index in [-0.39, 0.29) is 6.04 Å². The Bertz CT molecular complexity index is 385. The molecule has 1 N–H and O–H groups in total. The van der Waals surface area contributed by atoms with Gasteiger partial charge in [-0.15, -0.1) is 0 Å². The second kappa shape index (κ2) is 5.14. The second-order valence-electron chi connectivity index (χ2n) is 4.55. The normalized spacial score (nSPS) is 16.1. The van der Waals surface area contributed by atoms with Gasteiger partial charge in [0.25, 0.3) is 0 Å². The molecule has 0 radical (unpaired) electrons. The molecule has 1 aromatic heterocycles. The average molecular weight is 259 g/mol. The van der Waals surface area contributed by atoms with Gasteiger partial charge in [-0.05, 0) is 24.5 Å². The number of pyridine rings is 1. The topological polar surface area (TPSA) is 28.2 Å². The Morgan fingerprint density at radius 1 is 1.39 bits per heavy atom. The van der Waals surface area contributed by atoms with Crippen LogP contribution in [-0.2, 0) is 6.54 Å². The molecule has 18 heavy (non-hydrogen) atoms. The maximum atomic E-state index is 12.4.